The van der Waals surface area contributed by atoms with Gasteiger partial charge in [0.1, 0.15) is 5.82 Å². The van der Waals surface area contributed by atoms with Crippen LogP contribution in [0.3, 0.4) is 0 Å². The molecule has 0 saturated heterocycles. The van der Waals surface area contributed by atoms with Crippen molar-refractivity contribution in [3.8, 4) is 5.75 Å². The number of carbonyl (C=O) groups is 2. The molecule has 142 valence electrons. The first kappa shape index (κ1) is 18.8. The second kappa shape index (κ2) is 8.16. The van der Waals surface area contributed by atoms with E-state index in [1.165, 1.54) is 11.0 Å². The van der Waals surface area contributed by atoms with Crippen LogP contribution in [0.4, 0.5) is 8.78 Å². The molecule has 27 heavy (non-hydrogen) atoms. The first-order valence-corrected chi connectivity index (χ1v) is 8.62. The first-order chi connectivity index (χ1) is 13.0. The van der Waals surface area contributed by atoms with Crippen LogP contribution in [-0.4, -0.2) is 35.0 Å². The standard InChI is InChI=1S/C20H19F2NO4/c21-14-7-8-18(17(22)10-14)27-9-3-6-19(24)23-11-13-4-1-2-5-15(13)16(12-23)20(25)26/h1-2,4-5,7-8,10,16H,3,6,9,11-12H2,(H,25,26). The van der Waals surface area contributed by atoms with Gasteiger partial charge in [-0.05, 0) is 29.7 Å². The lowest BCUT2D eigenvalue weighted by Crippen LogP contribution is -2.40. The van der Waals surface area contributed by atoms with Crippen LogP contribution >= 0.6 is 0 Å². The van der Waals surface area contributed by atoms with Crippen molar-refractivity contribution in [3.63, 3.8) is 0 Å². The fourth-order valence-corrected chi connectivity index (χ4v) is 3.16. The Morgan fingerprint density at radius 2 is 1.96 bits per heavy atom. The molecule has 3 rings (SSSR count). The van der Waals surface area contributed by atoms with Crippen LogP contribution in [0, 0.1) is 11.6 Å². The Morgan fingerprint density at radius 1 is 1.19 bits per heavy atom. The second-order valence-corrected chi connectivity index (χ2v) is 6.39. The van der Waals surface area contributed by atoms with Gasteiger partial charge in [0, 0.05) is 25.6 Å². The van der Waals surface area contributed by atoms with Crippen LogP contribution in [-0.2, 0) is 16.1 Å². The van der Waals surface area contributed by atoms with Crippen LogP contribution < -0.4 is 4.74 Å². The summed E-state index contributed by atoms with van der Waals surface area (Å²) in [5, 5.41) is 9.45. The van der Waals surface area contributed by atoms with Crippen LogP contribution in [0.15, 0.2) is 42.5 Å². The number of hydrogen-bond donors (Lipinski definition) is 1. The molecule has 2 aromatic rings. The normalized spacial score (nSPS) is 15.9. The summed E-state index contributed by atoms with van der Waals surface area (Å²) >= 11 is 0. The van der Waals surface area contributed by atoms with Gasteiger partial charge in [-0.15, -0.1) is 0 Å². The van der Waals surface area contributed by atoms with Gasteiger partial charge in [-0.3, -0.25) is 9.59 Å². The summed E-state index contributed by atoms with van der Waals surface area (Å²) in [5.74, 6) is -3.44. The maximum Gasteiger partial charge on any atom is 0.312 e. The van der Waals surface area contributed by atoms with Gasteiger partial charge >= 0.3 is 5.97 Å². The topological polar surface area (TPSA) is 66.8 Å². The van der Waals surface area contributed by atoms with Crippen molar-refractivity contribution >= 4 is 11.9 Å². The van der Waals surface area contributed by atoms with Gasteiger partial charge in [-0.25, -0.2) is 8.78 Å². The third kappa shape index (κ3) is 4.42. The number of fused-ring (bicyclic) bond motifs is 1. The summed E-state index contributed by atoms with van der Waals surface area (Å²) < 4.78 is 31.6. The van der Waals surface area contributed by atoms with Crippen molar-refractivity contribution < 1.29 is 28.2 Å². The zero-order chi connectivity index (χ0) is 19.4. The van der Waals surface area contributed by atoms with Crippen molar-refractivity contribution in [1.82, 2.24) is 4.90 Å². The predicted octanol–water partition coefficient (Wildman–Crippen LogP) is 3.33. The third-order valence-electron chi connectivity index (χ3n) is 4.53. The van der Waals surface area contributed by atoms with E-state index >= 15 is 0 Å². The molecule has 1 heterocycles. The van der Waals surface area contributed by atoms with E-state index in [-0.39, 0.29) is 31.2 Å². The van der Waals surface area contributed by atoms with Crippen molar-refractivity contribution in [3.05, 3.63) is 65.2 Å². The molecule has 1 amide bonds. The highest BCUT2D eigenvalue weighted by atomic mass is 19.1. The summed E-state index contributed by atoms with van der Waals surface area (Å²) in [6.07, 6.45) is 0.489. The fraction of sp³-hybridized carbons (Fsp3) is 0.300. The molecule has 0 aliphatic carbocycles. The molecule has 0 fully saturated rings. The molecule has 1 unspecified atom stereocenters. The second-order valence-electron chi connectivity index (χ2n) is 6.39. The average Bonchev–Trinajstić information content (AvgIpc) is 2.65. The minimum Gasteiger partial charge on any atom is -0.491 e. The number of nitrogens with zero attached hydrogens (tertiary/aromatic N) is 1. The lowest BCUT2D eigenvalue weighted by Gasteiger charge is -2.33. The summed E-state index contributed by atoms with van der Waals surface area (Å²) in [7, 11) is 0. The minimum absolute atomic E-state index is 0.0679. The third-order valence-corrected chi connectivity index (χ3v) is 4.53. The highest BCUT2D eigenvalue weighted by molar-refractivity contribution is 5.81. The number of aliphatic carboxylic acids is 1. The molecule has 0 spiro atoms. The highest BCUT2D eigenvalue weighted by Gasteiger charge is 2.32. The maximum atomic E-state index is 13.5. The van der Waals surface area contributed by atoms with Crippen molar-refractivity contribution in [2.75, 3.05) is 13.2 Å². The van der Waals surface area contributed by atoms with Gasteiger partial charge in [0.2, 0.25) is 5.91 Å². The largest absolute Gasteiger partial charge is 0.491 e. The number of rotatable bonds is 6. The van der Waals surface area contributed by atoms with E-state index in [0.717, 1.165) is 23.3 Å². The molecule has 0 radical (unpaired) electrons. The van der Waals surface area contributed by atoms with Gasteiger partial charge < -0.3 is 14.7 Å². The maximum absolute atomic E-state index is 13.5. The Labute approximate surface area is 155 Å². The van der Waals surface area contributed by atoms with E-state index in [4.69, 9.17) is 4.74 Å². The molecule has 2 aromatic carbocycles. The fourth-order valence-electron chi connectivity index (χ4n) is 3.16. The summed E-state index contributed by atoms with van der Waals surface area (Å²) in [6, 6.07) is 10.2. The number of hydrogen-bond acceptors (Lipinski definition) is 3. The first-order valence-electron chi connectivity index (χ1n) is 8.62. The van der Waals surface area contributed by atoms with Gasteiger partial charge in [0.05, 0.1) is 12.5 Å². The Morgan fingerprint density at radius 3 is 2.70 bits per heavy atom. The number of amides is 1. The lowest BCUT2D eigenvalue weighted by atomic mass is 9.89. The number of carboxylic acid groups (broad SMARTS) is 1. The average molecular weight is 375 g/mol. The summed E-state index contributed by atoms with van der Waals surface area (Å²) in [4.78, 5) is 25.5. The van der Waals surface area contributed by atoms with Crippen molar-refractivity contribution in [1.29, 1.82) is 0 Å². The molecule has 0 aromatic heterocycles. The Balaban J connectivity index is 1.55. The van der Waals surface area contributed by atoms with Crippen molar-refractivity contribution in [2.45, 2.75) is 25.3 Å². The molecule has 5 nitrogen and oxygen atoms in total. The molecule has 1 aliphatic heterocycles. The minimum atomic E-state index is -0.963. The zero-order valence-electron chi connectivity index (χ0n) is 14.5. The van der Waals surface area contributed by atoms with Gasteiger partial charge in [0.15, 0.2) is 11.6 Å². The van der Waals surface area contributed by atoms with Gasteiger partial charge in [-0.2, -0.15) is 0 Å². The van der Waals surface area contributed by atoms with Gasteiger partial charge in [-0.1, -0.05) is 24.3 Å². The van der Waals surface area contributed by atoms with Gasteiger partial charge in [0.25, 0.3) is 0 Å². The summed E-state index contributed by atoms with van der Waals surface area (Å²) in [5.41, 5.74) is 1.57. The molecular weight excluding hydrogens is 356 g/mol. The summed E-state index contributed by atoms with van der Waals surface area (Å²) in [6.45, 7) is 0.589. The Kier molecular flexibility index (Phi) is 5.69. The van der Waals surface area contributed by atoms with Crippen LogP contribution in [0.25, 0.3) is 0 Å². The van der Waals surface area contributed by atoms with Crippen LogP contribution in [0.1, 0.15) is 29.9 Å². The Hall–Kier alpha value is -2.96. The number of carbonyl (C=O) groups excluding carboxylic acids is 1. The van der Waals surface area contributed by atoms with E-state index in [2.05, 4.69) is 0 Å². The molecule has 1 atom stereocenters. The number of halogens is 2. The Bertz CT molecular complexity index is 856. The lowest BCUT2D eigenvalue weighted by molar-refractivity contribution is -0.141. The van der Waals surface area contributed by atoms with Crippen LogP contribution in [0.5, 0.6) is 5.75 Å². The van der Waals surface area contributed by atoms with E-state index < -0.39 is 23.5 Å². The monoisotopic (exact) mass is 375 g/mol. The molecule has 7 heteroatoms. The molecule has 1 aliphatic rings. The molecule has 1 N–H and O–H groups in total. The van der Waals surface area contributed by atoms with E-state index in [1.54, 1.807) is 12.1 Å². The highest BCUT2D eigenvalue weighted by Crippen LogP contribution is 2.29. The quantitative estimate of drug-likeness (QED) is 0.787. The van der Waals surface area contributed by atoms with Crippen molar-refractivity contribution in [2.24, 2.45) is 0 Å². The van der Waals surface area contributed by atoms with Crippen LogP contribution in [0.2, 0.25) is 0 Å². The number of carboxylic acids is 1. The smallest absolute Gasteiger partial charge is 0.312 e. The van der Waals surface area contributed by atoms with E-state index in [0.29, 0.717) is 13.0 Å². The van der Waals surface area contributed by atoms with E-state index in [1.807, 2.05) is 12.1 Å². The molecular formula is C20H19F2NO4. The number of benzene rings is 2. The SMILES string of the molecule is O=C(O)C1CN(C(=O)CCCOc2ccc(F)cc2F)Cc2ccccc21. The zero-order valence-corrected chi connectivity index (χ0v) is 14.5. The molecule has 0 bridgehead atoms. The predicted molar refractivity (Wildman–Crippen MR) is 93.3 cm³/mol. The molecule has 0 saturated carbocycles. The van der Waals surface area contributed by atoms with E-state index in [9.17, 15) is 23.5 Å². The number of ether oxygens (including phenoxy) is 1.